The minimum atomic E-state index is 0.00750. The van der Waals surface area contributed by atoms with Crippen LogP contribution in [0.1, 0.15) is 18.4 Å². The van der Waals surface area contributed by atoms with Crippen LogP contribution in [-0.4, -0.2) is 35.6 Å². The molecule has 3 nitrogen and oxygen atoms in total. The van der Waals surface area contributed by atoms with E-state index >= 15 is 0 Å². The lowest BCUT2D eigenvalue weighted by Gasteiger charge is -2.31. The zero-order valence-corrected chi connectivity index (χ0v) is 11.5. The molecule has 1 saturated heterocycles. The van der Waals surface area contributed by atoms with Gasteiger partial charge in [-0.05, 0) is 42.5 Å². The third-order valence-corrected chi connectivity index (χ3v) is 3.63. The molecule has 0 bridgehead atoms. The van der Waals surface area contributed by atoms with Crippen LogP contribution in [0.4, 0.5) is 0 Å². The highest BCUT2D eigenvalue weighted by atomic mass is 35.5. The first kappa shape index (κ1) is 14.1. The summed E-state index contributed by atoms with van der Waals surface area (Å²) in [5, 5.41) is 9.84. The predicted molar refractivity (Wildman–Crippen MR) is 76.9 cm³/mol. The van der Waals surface area contributed by atoms with Crippen LogP contribution in [0.5, 0.6) is 0 Å². The van der Waals surface area contributed by atoms with E-state index in [9.17, 15) is 4.79 Å². The molecule has 0 spiro atoms. The van der Waals surface area contributed by atoms with Crippen molar-refractivity contribution in [3.05, 3.63) is 40.9 Å². The Bertz CT molecular complexity index is 456. The van der Waals surface area contributed by atoms with Gasteiger partial charge in [-0.25, -0.2) is 0 Å². The summed E-state index contributed by atoms with van der Waals surface area (Å²) in [6, 6.07) is 7.35. The second kappa shape index (κ2) is 6.73. The normalized spacial score (nSPS) is 19.9. The summed E-state index contributed by atoms with van der Waals surface area (Å²) < 4.78 is 0. The molecule has 1 aliphatic heterocycles. The lowest BCUT2D eigenvalue weighted by atomic mass is 9.99. The molecule has 1 heterocycles. The highest BCUT2D eigenvalue weighted by Gasteiger charge is 2.21. The van der Waals surface area contributed by atoms with E-state index in [4.69, 9.17) is 16.7 Å². The SMILES string of the molecule is O=C(/C=C/c1ccc(Cl)cc1)N1CCCC(CO)C1. The van der Waals surface area contributed by atoms with Crippen molar-refractivity contribution in [1.82, 2.24) is 4.90 Å². The Kier molecular flexibility index (Phi) is 5.00. The number of likely N-dealkylation sites (tertiary alicyclic amines) is 1. The predicted octanol–water partition coefficient (Wildman–Crippen LogP) is 2.58. The topological polar surface area (TPSA) is 40.5 Å². The molecule has 102 valence electrons. The second-order valence-electron chi connectivity index (χ2n) is 4.86. The molecule has 1 unspecified atom stereocenters. The molecule has 1 aromatic rings. The third kappa shape index (κ3) is 4.08. The number of nitrogens with zero attached hydrogens (tertiary/aromatic N) is 1. The summed E-state index contributed by atoms with van der Waals surface area (Å²) in [4.78, 5) is 13.8. The fourth-order valence-corrected chi connectivity index (χ4v) is 2.39. The van der Waals surface area contributed by atoms with Crippen LogP contribution < -0.4 is 0 Å². The van der Waals surface area contributed by atoms with Crippen molar-refractivity contribution in [2.24, 2.45) is 5.92 Å². The highest BCUT2D eigenvalue weighted by molar-refractivity contribution is 6.30. The summed E-state index contributed by atoms with van der Waals surface area (Å²) in [7, 11) is 0. The van der Waals surface area contributed by atoms with Gasteiger partial charge in [0.05, 0.1) is 0 Å². The number of benzene rings is 1. The summed E-state index contributed by atoms with van der Waals surface area (Å²) in [6.07, 6.45) is 5.34. The number of carbonyl (C=O) groups is 1. The van der Waals surface area contributed by atoms with Crippen molar-refractivity contribution < 1.29 is 9.90 Å². The maximum Gasteiger partial charge on any atom is 0.246 e. The fourth-order valence-electron chi connectivity index (χ4n) is 2.26. The van der Waals surface area contributed by atoms with Crippen LogP contribution in [0, 0.1) is 5.92 Å². The minimum absolute atomic E-state index is 0.00750. The van der Waals surface area contributed by atoms with Crippen LogP contribution in [0.2, 0.25) is 5.02 Å². The van der Waals surface area contributed by atoms with Crippen molar-refractivity contribution in [3.63, 3.8) is 0 Å². The van der Waals surface area contributed by atoms with Crippen LogP contribution in [-0.2, 0) is 4.79 Å². The van der Waals surface area contributed by atoms with E-state index in [1.807, 2.05) is 12.1 Å². The summed E-state index contributed by atoms with van der Waals surface area (Å²) in [5.74, 6) is 0.231. The summed E-state index contributed by atoms with van der Waals surface area (Å²) in [6.45, 7) is 1.59. The zero-order chi connectivity index (χ0) is 13.7. The van der Waals surface area contributed by atoms with Crippen LogP contribution in [0.15, 0.2) is 30.3 Å². The van der Waals surface area contributed by atoms with Crippen molar-refractivity contribution >= 4 is 23.6 Å². The number of carbonyl (C=O) groups excluding carboxylic acids is 1. The van der Waals surface area contributed by atoms with E-state index in [-0.39, 0.29) is 18.4 Å². The van der Waals surface area contributed by atoms with Crippen molar-refractivity contribution in [2.45, 2.75) is 12.8 Å². The Morgan fingerprint density at radius 1 is 1.42 bits per heavy atom. The molecule has 0 aromatic heterocycles. The Morgan fingerprint density at radius 3 is 2.84 bits per heavy atom. The van der Waals surface area contributed by atoms with E-state index in [1.54, 1.807) is 29.2 Å². The van der Waals surface area contributed by atoms with Crippen LogP contribution in [0.25, 0.3) is 6.08 Å². The first-order valence-corrected chi connectivity index (χ1v) is 6.90. The molecule has 2 rings (SSSR count). The molecule has 0 saturated carbocycles. The van der Waals surface area contributed by atoms with Crippen LogP contribution >= 0.6 is 11.6 Å². The number of aliphatic hydroxyl groups excluding tert-OH is 1. The first-order chi connectivity index (χ1) is 9.19. The lowest BCUT2D eigenvalue weighted by molar-refractivity contribution is -0.127. The maximum atomic E-state index is 12.0. The van der Waals surface area contributed by atoms with Gasteiger partial charge < -0.3 is 10.0 Å². The van der Waals surface area contributed by atoms with Gasteiger partial charge in [0.1, 0.15) is 0 Å². The Hall–Kier alpha value is -1.32. The largest absolute Gasteiger partial charge is 0.396 e. The molecule has 1 aliphatic rings. The zero-order valence-electron chi connectivity index (χ0n) is 10.8. The molecule has 1 N–H and O–H groups in total. The van der Waals surface area contributed by atoms with Gasteiger partial charge in [-0.3, -0.25) is 4.79 Å². The molecule has 4 heteroatoms. The average molecular weight is 280 g/mol. The van der Waals surface area contributed by atoms with E-state index < -0.39 is 0 Å². The van der Waals surface area contributed by atoms with Crippen LogP contribution in [0.3, 0.4) is 0 Å². The lowest BCUT2D eigenvalue weighted by Crippen LogP contribution is -2.40. The highest BCUT2D eigenvalue weighted by Crippen LogP contribution is 2.16. The number of amides is 1. The quantitative estimate of drug-likeness (QED) is 0.864. The molecule has 19 heavy (non-hydrogen) atoms. The van der Waals surface area contributed by atoms with Gasteiger partial charge in [0.15, 0.2) is 0 Å². The molecule has 0 aliphatic carbocycles. The van der Waals surface area contributed by atoms with Crippen molar-refractivity contribution in [1.29, 1.82) is 0 Å². The maximum absolute atomic E-state index is 12.0. The average Bonchev–Trinajstić information content (AvgIpc) is 2.46. The Morgan fingerprint density at radius 2 is 2.16 bits per heavy atom. The first-order valence-electron chi connectivity index (χ1n) is 6.52. The molecule has 1 fully saturated rings. The van der Waals surface area contributed by atoms with Gasteiger partial charge in [-0.15, -0.1) is 0 Å². The van der Waals surface area contributed by atoms with Crippen molar-refractivity contribution in [3.8, 4) is 0 Å². The summed E-state index contributed by atoms with van der Waals surface area (Å²) in [5.41, 5.74) is 0.952. The number of halogens is 1. The Balaban J connectivity index is 1.94. The van der Waals surface area contributed by atoms with Gasteiger partial charge in [0.25, 0.3) is 0 Å². The number of aliphatic hydroxyl groups is 1. The van der Waals surface area contributed by atoms with Gasteiger partial charge >= 0.3 is 0 Å². The monoisotopic (exact) mass is 279 g/mol. The van der Waals surface area contributed by atoms with Gasteiger partial charge in [-0.2, -0.15) is 0 Å². The fraction of sp³-hybridized carbons (Fsp3) is 0.400. The molecular weight excluding hydrogens is 262 g/mol. The molecular formula is C15H18ClNO2. The number of rotatable bonds is 3. The van der Waals surface area contributed by atoms with Crippen molar-refractivity contribution in [2.75, 3.05) is 19.7 Å². The molecule has 1 aromatic carbocycles. The Labute approximate surface area is 118 Å². The smallest absolute Gasteiger partial charge is 0.246 e. The van der Waals surface area contributed by atoms with E-state index in [2.05, 4.69) is 0 Å². The second-order valence-corrected chi connectivity index (χ2v) is 5.30. The van der Waals surface area contributed by atoms with E-state index in [0.717, 1.165) is 24.9 Å². The number of piperidine rings is 1. The van der Waals surface area contributed by atoms with Gasteiger partial charge in [-0.1, -0.05) is 23.7 Å². The standard InChI is InChI=1S/C15H18ClNO2/c16-14-6-3-12(4-7-14)5-8-15(19)17-9-1-2-13(10-17)11-18/h3-8,13,18H,1-2,9-11H2/b8-5+. The third-order valence-electron chi connectivity index (χ3n) is 3.38. The molecule has 0 radical (unpaired) electrons. The minimum Gasteiger partial charge on any atom is -0.396 e. The van der Waals surface area contributed by atoms with E-state index in [1.165, 1.54) is 0 Å². The number of hydrogen-bond acceptors (Lipinski definition) is 2. The van der Waals surface area contributed by atoms with Gasteiger partial charge in [0.2, 0.25) is 5.91 Å². The number of hydrogen-bond donors (Lipinski definition) is 1. The van der Waals surface area contributed by atoms with E-state index in [0.29, 0.717) is 11.6 Å². The summed E-state index contributed by atoms with van der Waals surface area (Å²) >= 11 is 5.81. The van der Waals surface area contributed by atoms with Gasteiger partial charge in [0, 0.05) is 30.8 Å². The molecule has 1 atom stereocenters. The molecule has 1 amide bonds.